The van der Waals surface area contributed by atoms with Crippen LogP contribution in [-0.2, 0) is 11.3 Å². The Balaban J connectivity index is 1.36. The van der Waals surface area contributed by atoms with Crippen LogP contribution in [0.25, 0.3) is 10.9 Å². The average Bonchev–Trinajstić information content (AvgIpc) is 3.27. The maximum Gasteiger partial charge on any atom is 0.261 e. The molecule has 2 aromatic heterocycles. The van der Waals surface area contributed by atoms with Crippen molar-refractivity contribution in [2.24, 2.45) is 0 Å². The van der Waals surface area contributed by atoms with Crippen molar-refractivity contribution in [2.45, 2.75) is 19.9 Å². The number of aryl methyl sites for hydroxylation is 2. The zero-order chi connectivity index (χ0) is 21.8. The van der Waals surface area contributed by atoms with Gasteiger partial charge in [-0.3, -0.25) is 24.3 Å². The molecule has 0 aliphatic rings. The SMILES string of the molecule is Cc1cccc2c(=O)n(CCC(=O)Nc3ccc(C(=O)Nc4nccs4)cc3)cnc12. The van der Waals surface area contributed by atoms with Gasteiger partial charge in [-0.05, 0) is 42.8 Å². The molecule has 0 unspecified atom stereocenters. The minimum atomic E-state index is -0.272. The summed E-state index contributed by atoms with van der Waals surface area (Å²) in [6.07, 6.45) is 3.20. The molecule has 4 aromatic rings. The molecule has 0 bridgehead atoms. The standard InChI is InChI=1S/C22H19N5O3S/c1-14-3-2-4-17-19(14)24-13-27(21(17)30)11-9-18(28)25-16-7-5-15(6-8-16)20(29)26-22-23-10-12-31-22/h2-8,10,12-13H,9,11H2,1H3,(H,25,28)(H,23,26,29). The Hall–Kier alpha value is -3.85. The zero-order valence-corrected chi connectivity index (χ0v) is 17.5. The van der Waals surface area contributed by atoms with E-state index in [1.165, 1.54) is 22.2 Å². The molecule has 9 heteroatoms. The van der Waals surface area contributed by atoms with Crippen molar-refractivity contribution in [3.8, 4) is 0 Å². The van der Waals surface area contributed by atoms with Crippen molar-refractivity contribution < 1.29 is 9.59 Å². The Kier molecular flexibility index (Phi) is 5.85. The van der Waals surface area contributed by atoms with Crippen LogP contribution in [0.1, 0.15) is 22.3 Å². The Morgan fingerprint density at radius 2 is 1.87 bits per heavy atom. The molecule has 8 nitrogen and oxygen atoms in total. The van der Waals surface area contributed by atoms with E-state index in [0.717, 1.165) is 5.56 Å². The lowest BCUT2D eigenvalue weighted by atomic mass is 10.1. The Morgan fingerprint density at radius 1 is 1.06 bits per heavy atom. The molecule has 31 heavy (non-hydrogen) atoms. The van der Waals surface area contributed by atoms with E-state index in [9.17, 15) is 14.4 Å². The second-order valence-corrected chi connectivity index (χ2v) is 7.78. The number of thiazole rings is 1. The highest BCUT2D eigenvalue weighted by atomic mass is 32.1. The highest BCUT2D eigenvalue weighted by Gasteiger charge is 2.10. The number of anilines is 2. The fourth-order valence-electron chi connectivity index (χ4n) is 3.10. The summed E-state index contributed by atoms with van der Waals surface area (Å²) in [6.45, 7) is 2.12. The van der Waals surface area contributed by atoms with Gasteiger partial charge in [-0.2, -0.15) is 0 Å². The Labute approximate surface area is 181 Å². The molecular weight excluding hydrogens is 414 g/mol. The number of fused-ring (bicyclic) bond motifs is 1. The molecule has 2 aromatic carbocycles. The van der Waals surface area contributed by atoms with E-state index in [1.54, 1.807) is 41.9 Å². The van der Waals surface area contributed by atoms with Gasteiger partial charge < -0.3 is 5.32 Å². The third-order valence-corrected chi connectivity index (χ3v) is 5.41. The van der Waals surface area contributed by atoms with Crippen LogP contribution < -0.4 is 16.2 Å². The average molecular weight is 433 g/mol. The third kappa shape index (κ3) is 4.67. The third-order valence-electron chi connectivity index (χ3n) is 4.72. The second kappa shape index (κ2) is 8.88. The fraction of sp³-hybridized carbons (Fsp3) is 0.136. The summed E-state index contributed by atoms with van der Waals surface area (Å²) in [6, 6.07) is 12.0. The van der Waals surface area contributed by atoms with Gasteiger partial charge in [0.25, 0.3) is 11.5 Å². The largest absolute Gasteiger partial charge is 0.326 e. The van der Waals surface area contributed by atoms with Gasteiger partial charge in [0.1, 0.15) is 0 Å². The zero-order valence-electron chi connectivity index (χ0n) is 16.7. The van der Waals surface area contributed by atoms with Crippen molar-refractivity contribution in [3.05, 3.63) is 81.8 Å². The minimum absolute atomic E-state index is 0.116. The first kappa shape index (κ1) is 20.4. The van der Waals surface area contributed by atoms with Gasteiger partial charge in [-0.25, -0.2) is 9.97 Å². The Morgan fingerprint density at radius 3 is 2.61 bits per heavy atom. The number of nitrogens with zero attached hydrogens (tertiary/aromatic N) is 3. The number of benzene rings is 2. The van der Waals surface area contributed by atoms with Crippen molar-refractivity contribution >= 4 is 44.9 Å². The number of carbonyl (C=O) groups is 2. The second-order valence-electron chi connectivity index (χ2n) is 6.88. The van der Waals surface area contributed by atoms with Crippen LogP contribution in [0.4, 0.5) is 10.8 Å². The van der Waals surface area contributed by atoms with E-state index in [4.69, 9.17) is 0 Å². The molecule has 0 saturated carbocycles. The van der Waals surface area contributed by atoms with Crippen LogP contribution in [0.15, 0.2) is 65.2 Å². The van der Waals surface area contributed by atoms with Crippen LogP contribution >= 0.6 is 11.3 Å². The predicted octanol–water partition coefficient (Wildman–Crippen LogP) is 3.44. The van der Waals surface area contributed by atoms with Crippen LogP contribution in [0, 0.1) is 6.92 Å². The summed E-state index contributed by atoms with van der Waals surface area (Å²) in [5.74, 6) is -0.512. The predicted molar refractivity (Wildman–Crippen MR) is 120 cm³/mol. The monoisotopic (exact) mass is 433 g/mol. The number of carbonyl (C=O) groups excluding carboxylic acids is 2. The number of nitrogens with one attached hydrogen (secondary N) is 2. The molecule has 0 aliphatic heterocycles. The van der Waals surface area contributed by atoms with Crippen LogP contribution in [0.5, 0.6) is 0 Å². The van der Waals surface area contributed by atoms with E-state index in [-0.39, 0.29) is 30.3 Å². The lowest BCUT2D eigenvalue weighted by Crippen LogP contribution is -2.23. The van der Waals surface area contributed by atoms with E-state index in [1.807, 2.05) is 19.1 Å². The van der Waals surface area contributed by atoms with Gasteiger partial charge in [0.2, 0.25) is 5.91 Å². The van der Waals surface area contributed by atoms with Gasteiger partial charge in [0, 0.05) is 35.8 Å². The van der Waals surface area contributed by atoms with Crippen molar-refractivity contribution in [2.75, 3.05) is 10.6 Å². The first-order valence-corrected chi connectivity index (χ1v) is 10.4. The van der Waals surface area contributed by atoms with Crippen molar-refractivity contribution in [1.29, 1.82) is 0 Å². The first-order chi connectivity index (χ1) is 15.0. The van der Waals surface area contributed by atoms with E-state index in [2.05, 4.69) is 20.6 Å². The molecule has 2 amide bonds. The minimum Gasteiger partial charge on any atom is -0.326 e. The highest BCUT2D eigenvalue weighted by Crippen LogP contribution is 2.15. The summed E-state index contributed by atoms with van der Waals surface area (Å²) in [7, 11) is 0. The summed E-state index contributed by atoms with van der Waals surface area (Å²) in [5, 5.41) is 8.31. The molecule has 0 spiro atoms. The number of hydrogen-bond donors (Lipinski definition) is 2. The molecular formula is C22H19N5O3S. The lowest BCUT2D eigenvalue weighted by molar-refractivity contribution is -0.116. The van der Waals surface area contributed by atoms with Crippen molar-refractivity contribution in [1.82, 2.24) is 14.5 Å². The molecule has 4 rings (SSSR count). The van der Waals surface area contributed by atoms with Gasteiger partial charge in [0.05, 0.1) is 17.2 Å². The molecule has 2 N–H and O–H groups in total. The molecule has 0 fully saturated rings. The van der Waals surface area contributed by atoms with Crippen LogP contribution in [0.3, 0.4) is 0 Å². The van der Waals surface area contributed by atoms with Gasteiger partial charge in [-0.1, -0.05) is 12.1 Å². The number of amides is 2. The smallest absolute Gasteiger partial charge is 0.261 e. The number of rotatable bonds is 6. The molecule has 0 radical (unpaired) electrons. The molecule has 0 aliphatic carbocycles. The molecule has 2 heterocycles. The number of aromatic nitrogens is 3. The number of para-hydroxylation sites is 1. The first-order valence-electron chi connectivity index (χ1n) is 9.57. The Bertz CT molecular complexity index is 1300. The molecule has 156 valence electrons. The maximum atomic E-state index is 12.6. The molecule has 0 saturated heterocycles. The summed E-state index contributed by atoms with van der Waals surface area (Å²) >= 11 is 1.33. The van der Waals surface area contributed by atoms with Crippen LogP contribution in [0.2, 0.25) is 0 Å². The van der Waals surface area contributed by atoms with Gasteiger partial charge in [-0.15, -0.1) is 11.3 Å². The van der Waals surface area contributed by atoms with E-state index in [0.29, 0.717) is 27.3 Å². The number of hydrogen-bond acceptors (Lipinski definition) is 6. The summed E-state index contributed by atoms with van der Waals surface area (Å²) in [5.41, 5.74) is 2.46. The van der Waals surface area contributed by atoms with Gasteiger partial charge >= 0.3 is 0 Å². The quantitative estimate of drug-likeness (QED) is 0.485. The fourth-order valence-corrected chi connectivity index (χ4v) is 3.63. The topological polar surface area (TPSA) is 106 Å². The van der Waals surface area contributed by atoms with Crippen molar-refractivity contribution in [3.63, 3.8) is 0 Å². The van der Waals surface area contributed by atoms with E-state index < -0.39 is 0 Å². The summed E-state index contributed by atoms with van der Waals surface area (Å²) < 4.78 is 1.44. The summed E-state index contributed by atoms with van der Waals surface area (Å²) in [4.78, 5) is 45.5. The van der Waals surface area contributed by atoms with Crippen LogP contribution in [-0.4, -0.2) is 26.3 Å². The highest BCUT2D eigenvalue weighted by molar-refractivity contribution is 7.13. The van der Waals surface area contributed by atoms with E-state index >= 15 is 0 Å². The maximum absolute atomic E-state index is 12.6. The normalized spacial score (nSPS) is 10.7. The molecule has 0 atom stereocenters. The lowest BCUT2D eigenvalue weighted by Gasteiger charge is -2.09. The van der Waals surface area contributed by atoms with Gasteiger partial charge in [0.15, 0.2) is 5.13 Å².